The van der Waals surface area contributed by atoms with Crippen molar-refractivity contribution in [2.45, 2.75) is 6.61 Å². The van der Waals surface area contributed by atoms with Crippen LogP contribution in [0.25, 0.3) is 22.3 Å². The molecule has 18 heteroatoms. The summed E-state index contributed by atoms with van der Waals surface area (Å²) in [6, 6.07) is 17.0. The molecule has 0 saturated heterocycles. The molecule has 0 atom stereocenters. The van der Waals surface area contributed by atoms with E-state index in [1.807, 2.05) is 0 Å². The molecule has 0 saturated carbocycles. The maximum atomic E-state index is 12.5. The van der Waals surface area contributed by atoms with Gasteiger partial charge in [0.25, 0.3) is 5.69 Å². The Balaban J connectivity index is 1.87. The lowest BCUT2D eigenvalue weighted by Gasteiger charge is -2.21. The van der Waals surface area contributed by atoms with E-state index in [-0.39, 0.29) is 57.9 Å². The molecule has 0 aliphatic heterocycles. The van der Waals surface area contributed by atoms with E-state index in [1.165, 1.54) is 87.0 Å². The predicted molar refractivity (Wildman–Crippen MR) is 174 cm³/mol. The van der Waals surface area contributed by atoms with E-state index in [9.17, 15) is 35.4 Å². The van der Waals surface area contributed by atoms with Gasteiger partial charge < -0.3 is 26.8 Å². The molecule has 48 heavy (non-hydrogen) atoms. The fraction of sp³-hybridized carbons (Fsp3) is 0.200. The smallest absolute Gasteiger partial charge is 0.306 e. The second kappa shape index (κ2) is 14.0. The van der Waals surface area contributed by atoms with Crippen LogP contribution >= 0.6 is 0 Å². The molecule has 0 bridgehead atoms. The summed E-state index contributed by atoms with van der Waals surface area (Å²) in [5.41, 5.74) is 1.36. The number of benzene rings is 4. The molecule has 0 fully saturated rings. The summed E-state index contributed by atoms with van der Waals surface area (Å²) < 4.78 is 105. The maximum Gasteiger partial charge on any atom is 0.306 e. The maximum absolute atomic E-state index is 12.5. The Morgan fingerprint density at radius 3 is 1.73 bits per heavy atom. The van der Waals surface area contributed by atoms with Crippen LogP contribution in [0.3, 0.4) is 0 Å². The molecule has 4 rings (SSSR count). The third-order valence-corrected chi connectivity index (χ3v) is 7.73. The number of rotatable bonds is 14. The van der Waals surface area contributed by atoms with Crippen molar-refractivity contribution in [3.8, 4) is 56.8 Å². The third-order valence-electron chi connectivity index (χ3n) is 6.29. The van der Waals surface area contributed by atoms with Crippen LogP contribution < -0.4 is 26.8 Å². The molecule has 0 heterocycles. The van der Waals surface area contributed by atoms with Gasteiger partial charge in [-0.25, -0.2) is 0 Å². The minimum atomic E-state index is -4.20. The van der Waals surface area contributed by atoms with Gasteiger partial charge in [-0.1, -0.05) is 18.2 Å². The van der Waals surface area contributed by atoms with Gasteiger partial charge in [-0.15, -0.1) is 0 Å². The minimum absolute atomic E-state index is 0.0212. The first-order chi connectivity index (χ1) is 22.4. The Hall–Kier alpha value is -5.07. The van der Waals surface area contributed by atoms with Gasteiger partial charge in [0.05, 0.1) is 43.5 Å². The van der Waals surface area contributed by atoms with E-state index in [1.54, 1.807) is 0 Å². The van der Waals surface area contributed by atoms with Gasteiger partial charge >= 0.3 is 30.4 Å². The molecule has 0 amide bonds. The van der Waals surface area contributed by atoms with Gasteiger partial charge in [-0.2, -0.15) is 25.3 Å². The molecule has 0 aromatic heterocycles. The van der Waals surface area contributed by atoms with Crippen LogP contribution in [-0.2, 0) is 37.0 Å². The van der Waals surface area contributed by atoms with E-state index >= 15 is 0 Å². The van der Waals surface area contributed by atoms with Crippen LogP contribution in [0.5, 0.6) is 34.5 Å². The normalized spacial score (nSPS) is 11.8. The highest BCUT2D eigenvalue weighted by atomic mass is 32.2. The van der Waals surface area contributed by atoms with Crippen molar-refractivity contribution in [1.82, 2.24) is 0 Å². The fourth-order valence-corrected chi connectivity index (χ4v) is 5.83. The summed E-state index contributed by atoms with van der Waals surface area (Å²) in [5.74, 6) is -0.551. The van der Waals surface area contributed by atoms with Gasteiger partial charge in [-0.3, -0.25) is 10.1 Å². The summed E-state index contributed by atoms with van der Waals surface area (Å²) in [7, 11) is -9.51. The summed E-state index contributed by atoms with van der Waals surface area (Å²) in [6.07, 6.45) is 2.54. The number of non-ortho nitro benzene ring substituents is 1. The first-order valence-electron chi connectivity index (χ1n) is 13.5. The summed E-state index contributed by atoms with van der Waals surface area (Å²) in [4.78, 5) is 10.4. The lowest BCUT2D eigenvalue weighted by molar-refractivity contribution is -0.384. The summed E-state index contributed by atoms with van der Waals surface area (Å²) in [5, 5.41) is 11.0. The molecule has 0 unspecified atom stereocenters. The highest BCUT2D eigenvalue weighted by Crippen LogP contribution is 2.52. The van der Waals surface area contributed by atoms with Crippen molar-refractivity contribution in [2.75, 3.05) is 33.0 Å². The SMILES string of the molecule is COc1cc(-c2ccc(OS(C)(=O)=O)cc2)c(OC)c(OS(C)(=O)=O)c1-c1ccc(OCc2ccc([N+](=O)[O-])cc2)c(OS(C)(=O)=O)c1. The molecule has 4 aromatic carbocycles. The largest absolute Gasteiger partial charge is 0.496 e. The van der Waals surface area contributed by atoms with Gasteiger partial charge in [-0.05, 0) is 59.2 Å². The zero-order valence-electron chi connectivity index (χ0n) is 26.0. The Morgan fingerprint density at radius 1 is 0.625 bits per heavy atom. The third kappa shape index (κ3) is 9.26. The number of methoxy groups -OCH3 is 2. The average molecular weight is 724 g/mol. The van der Waals surface area contributed by atoms with Gasteiger partial charge in [0, 0.05) is 17.7 Å². The molecule has 0 aliphatic rings. The minimum Gasteiger partial charge on any atom is -0.496 e. The average Bonchev–Trinajstić information content (AvgIpc) is 2.98. The first kappa shape index (κ1) is 35.8. The fourth-order valence-electron chi connectivity index (χ4n) is 4.45. The van der Waals surface area contributed by atoms with E-state index < -0.39 is 35.3 Å². The van der Waals surface area contributed by atoms with Crippen LogP contribution in [0, 0.1) is 10.1 Å². The molecule has 4 aromatic rings. The van der Waals surface area contributed by atoms with Crippen LogP contribution in [0.4, 0.5) is 5.69 Å². The van der Waals surface area contributed by atoms with E-state index in [0.717, 1.165) is 18.8 Å². The Kier molecular flexibility index (Phi) is 10.4. The Bertz CT molecular complexity index is 2170. The van der Waals surface area contributed by atoms with Crippen LogP contribution in [-0.4, -0.2) is 63.2 Å². The van der Waals surface area contributed by atoms with Gasteiger partial charge in [0.2, 0.25) is 0 Å². The van der Waals surface area contributed by atoms with E-state index in [0.29, 0.717) is 16.7 Å². The molecule has 0 spiro atoms. The predicted octanol–water partition coefficient (Wildman–Crippen LogP) is 4.54. The van der Waals surface area contributed by atoms with Crippen LogP contribution in [0.15, 0.2) is 72.8 Å². The second-order valence-electron chi connectivity index (χ2n) is 10.1. The van der Waals surface area contributed by atoms with Crippen molar-refractivity contribution < 1.29 is 56.9 Å². The van der Waals surface area contributed by atoms with Crippen molar-refractivity contribution in [1.29, 1.82) is 0 Å². The summed E-state index contributed by atoms with van der Waals surface area (Å²) in [6.45, 7) is -0.111. The molecule has 0 aliphatic carbocycles. The molecular weight excluding hydrogens is 695 g/mol. The first-order valence-corrected chi connectivity index (χ1v) is 18.9. The second-order valence-corrected chi connectivity index (χ2v) is 14.8. The number of nitro groups is 1. The van der Waals surface area contributed by atoms with Gasteiger partial charge in [0.15, 0.2) is 23.0 Å². The molecule has 0 radical (unpaired) electrons. The number of nitro benzene ring substituents is 1. The van der Waals surface area contributed by atoms with Crippen molar-refractivity contribution >= 4 is 36.0 Å². The number of nitrogens with zero attached hydrogens (tertiary/aromatic N) is 1. The highest BCUT2D eigenvalue weighted by molar-refractivity contribution is 7.86. The lowest BCUT2D eigenvalue weighted by Crippen LogP contribution is -2.10. The highest BCUT2D eigenvalue weighted by Gasteiger charge is 2.27. The zero-order valence-corrected chi connectivity index (χ0v) is 28.5. The van der Waals surface area contributed by atoms with Crippen molar-refractivity contribution in [3.05, 3.63) is 88.5 Å². The van der Waals surface area contributed by atoms with Crippen molar-refractivity contribution in [3.63, 3.8) is 0 Å². The molecule has 15 nitrogen and oxygen atoms in total. The monoisotopic (exact) mass is 723 g/mol. The van der Waals surface area contributed by atoms with Crippen molar-refractivity contribution in [2.24, 2.45) is 0 Å². The topological polar surface area (TPSA) is 201 Å². The lowest BCUT2D eigenvalue weighted by atomic mass is 9.96. The number of hydrogen-bond acceptors (Lipinski definition) is 14. The zero-order chi connectivity index (χ0) is 35.4. The number of ether oxygens (including phenoxy) is 3. The van der Waals surface area contributed by atoms with E-state index in [4.69, 9.17) is 26.8 Å². The number of hydrogen-bond donors (Lipinski definition) is 0. The van der Waals surface area contributed by atoms with E-state index in [2.05, 4.69) is 0 Å². The van der Waals surface area contributed by atoms with Gasteiger partial charge in [0.1, 0.15) is 18.1 Å². The standard InChI is InChI=1S/C30H29NO14S3/c1-40-27-17-24(20-8-13-23(14-9-20)43-46(3,34)35)29(41-2)30(45-48(5,38)39)28(27)21-10-15-25(26(16-21)44-47(4,36)37)42-18-19-6-11-22(12-7-19)31(32)33/h6-17H,18H2,1-5H3. The molecular formula is C30H29NO14S3. The summed E-state index contributed by atoms with van der Waals surface area (Å²) >= 11 is 0. The van der Waals surface area contributed by atoms with Crippen LogP contribution in [0.2, 0.25) is 0 Å². The Morgan fingerprint density at radius 2 is 1.21 bits per heavy atom. The molecule has 0 N–H and O–H groups in total. The molecule has 256 valence electrons. The van der Waals surface area contributed by atoms with Crippen LogP contribution in [0.1, 0.15) is 5.56 Å². The Labute approximate surface area is 277 Å². The quantitative estimate of drug-likeness (QED) is 0.0997.